The van der Waals surface area contributed by atoms with E-state index in [0.29, 0.717) is 12.8 Å². The van der Waals surface area contributed by atoms with E-state index in [1.807, 2.05) is 0 Å². The smallest absolute Gasteiger partial charge is 0.306 e. The normalized spacial score (nSPS) is 12.1. The molecule has 0 aromatic rings. The van der Waals surface area contributed by atoms with Crippen LogP contribution in [0.15, 0.2) is 0 Å². The summed E-state index contributed by atoms with van der Waals surface area (Å²) in [7, 11) is 0. The summed E-state index contributed by atoms with van der Waals surface area (Å²) in [6.07, 6.45) is 37.2. The molecule has 0 aliphatic heterocycles. The Balaban J connectivity index is 3.70. The van der Waals surface area contributed by atoms with Gasteiger partial charge in [0, 0.05) is 12.8 Å². The first-order valence-corrected chi connectivity index (χ1v) is 18.0. The quantitative estimate of drug-likeness (QED) is 0.0633. The summed E-state index contributed by atoms with van der Waals surface area (Å²) < 4.78 is 5.93. The fourth-order valence-corrected chi connectivity index (χ4v) is 5.66. The van der Waals surface area contributed by atoms with Gasteiger partial charge in [0.05, 0.1) is 0 Å². The van der Waals surface area contributed by atoms with Gasteiger partial charge in [0.15, 0.2) is 0 Å². The van der Waals surface area contributed by atoms with E-state index in [4.69, 9.17) is 9.84 Å². The summed E-state index contributed by atoms with van der Waals surface area (Å²) in [5.41, 5.74) is 0. The molecule has 0 unspecified atom stereocenters. The van der Waals surface area contributed by atoms with E-state index in [0.717, 1.165) is 57.8 Å². The lowest BCUT2D eigenvalue weighted by Crippen LogP contribution is -2.18. The Morgan fingerprint density at radius 1 is 0.450 bits per heavy atom. The predicted octanol–water partition coefficient (Wildman–Crippen LogP) is 12.1. The third kappa shape index (κ3) is 31.5. The Hall–Kier alpha value is -1.06. The fraction of sp³-hybridized carbons (Fsp3) is 0.944. The zero-order valence-corrected chi connectivity index (χ0v) is 27.2. The molecule has 0 bridgehead atoms. The summed E-state index contributed by atoms with van der Waals surface area (Å²) >= 11 is 0. The van der Waals surface area contributed by atoms with E-state index < -0.39 is 5.97 Å². The van der Waals surface area contributed by atoms with Crippen LogP contribution >= 0.6 is 0 Å². The highest BCUT2D eigenvalue weighted by atomic mass is 16.5. The second kappa shape index (κ2) is 32.5. The molecule has 40 heavy (non-hydrogen) atoms. The average molecular weight is 567 g/mol. The third-order valence-electron chi connectivity index (χ3n) is 8.33. The van der Waals surface area contributed by atoms with Crippen LogP contribution in [0.25, 0.3) is 0 Å². The molecule has 0 heterocycles. The summed E-state index contributed by atoms with van der Waals surface area (Å²) in [5.74, 6) is -0.650. The van der Waals surface area contributed by atoms with Gasteiger partial charge in [-0.05, 0) is 38.5 Å². The van der Waals surface area contributed by atoms with Crippen LogP contribution in [0.5, 0.6) is 0 Å². The number of carbonyl (C=O) groups is 2. The van der Waals surface area contributed by atoms with Crippen molar-refractivity contribution in [1.82, 2.24) is 0 Å². The molecular weight excluding hydrogens is 496 g/mol. The molecule has 0 saturated carbocycles. The number of hydrogen-bond donors (Lipinski definition) is 1. The highest BCUT2D eigenvalue weighted by molar-refractivity contribution is 5.69. The van der Waals surface area contributed by atoms with E-state index in [-0.39, 0.29) is 12.1 Å². The molecule has 0 fully saturated rings. The van der Waals surface area contributed by atoms with Crippen molar-refractivity contribution in [2.24, 2.45) is 0 Å². The molecule has 0 aliphatic rings. The van der Waals surface area contributed by atoms with Crippen molar-refractivity contribution >= 4 is 11.9 Å². The number of unbranched alkanes of at least 4 members (excludes halogenated alkanes) is 24. The molecule has 1 atom stereocenters. The van der Waals surface area contributed by atoms with Crippen LogP contribution in [0.2, 0.25) is 0 Å². The van der Waals surface area contributed by atoms with Gasteiger partial charge in [-0.25, -0.2) is 0 Å². The molecule has 0 aliphatic carbocycles. The molecule has 238 valence electrons. The topological polar surface area (TPSA) is 63.6 Å². The van der Waals surface area contributed by atoms with Crippen LogP contribution in [0.4, 0.5) is 0 Å². The molecule has 0 amide bonds. The molecule has 0 radical (unpaired) electrons. The van der Waals surface area contributed by atoms with Crippen LogP contribution in [0, 0.1) is 0 Å². The summed E-state index contributed by atoms with van der Waals surface area (Å²) in [6.45, 7) is 4.51. The second-order valence-corrected chi connectivity index (χ2v) is 12.4. The Morgan fingerprint density at radius 2 is 0.750 bits per heavy atom. The molecule has 0 spiro atoms. The Labute approximate surface area is 250 Å². The first kappa shape index (κ1) is 38.9. The number of rotatable bonds is 33. The predicted molar refractivity (Wildman–Crippen MR) is 172 cm³/mol. The number of carboxylic acids is 1. The van der Waals surface area contributed by atoms with Crippen LogP contribution in [0.1, 0.15) is 213 Å². The van der Waals surface area contributed by atoms with Gasteiger partial charge in [-0.3, -0.25) is 9.59 Å². The number of hydrogen-bond acceptors (Lipinski definition) is 3. The zero-order chi connectivity index (χ0) is 29.4. The minimum absolute atomic E-state index is 0.0269. The SMILES string of the molecule is CCCCCCCCCCCCCCCCCC(=O)O[C@@H](CCCCC)CCCCCCCCCCCC(=O)O. The van der Waals surface area contributed by atoms with Crippen molar-refractivity contribution in [3.05, 3.63) is 0 Å². The van der Waals surface area contributed by atoms with Crippen molar-refractivity contribution in [2.75, 3.05) is 0 Å². The second-order valence-electron chi connectivity index (χ2n) is 12.4. The highest BCUT2D eigenvalue weighted by Gasteiger charge is 2.14. The zero-order valence-electron chi connectivity index (χ0n) is 27.2. The monoisotopic (exact) mass is 567 g/mol. The van der Waals surface area contributed by atoms with Gasteiger partial charge in [-0.2, -0.15) is 0 Å². The molecule has 1 N–H and O–H groups in total. The van der Waals surface area contributed by atoms with Gasteiger partial charge in [0.25, 0.3) is 0 Å². The first-order valence-electron chi connectivity index (χ1n) is 18.0. The average Bonchev–Trinajstić information content (AvgIpc) is 2.93. The number of esters is 1. The lowest BCUT2D eigenvalue weighted by atomic mass is 10.0. The first-order chi connectivity index (χ1) is 19.6. The van der Waals surface area contributed by atoms with Gasteiger partial charge in [0.2, 0.25) is 0 Å². The molecular formula is C36H70O4. The molecule has 0 saturated heterocycles. The van der Waals surface area contributed by atoms with Crippen LogP contribution < -0.4 is 0 Å². The fourth-order valence-electron chi connectivity index (χ4n) is 5.66. The van der Waals surface area contributed by atoms with Crippen LogP contribution in [0.3, 0.4) is 0 Å². The van der Waals surface area contributed by atoms with Crippen molar-refractivity contribution < 1.29 is 19.4 Å². The van der Waals surface area contributed by atoms with E-state index in [9.17, 15) is 9.59 Å². The minimum Gasteiger partial charge on any atom is -0.481 e. The Bertz CT molecular complexity index is 533. The Morgan fingerprint density at radius 3 is 1.15 bits per heavy atom. The van der Waals surface area contributed by atoms with Gasteiger partial charge in [-0.15, -0.1) is 0 Å². The Kier molecular flexibility index (Phi) is 31.6. The van der Waals surface area contributed by atoms with Crippen molar-refractivity contribution in [1.29, 1.82) is 0 Å². The lowest BCUT2D eigenvalue weighted by Gasteiger charge is -2.18. The van der Waals surface area contributed by atoms with Gasteiger partial charge >= 0.3 is 11.9 Å². The maximum Gasteiger partial charge on any atom is 0.306 e. The van der Waals surface area contributed by atoms with Gasteiger partial charge in [0.1, 0.15) is 6.10 Å². The summed E-state index contributed by atoms with van der Waals surface area (Å²) in [5, 5.41) is 8.68. The van der Waals surface area contributed by atoms with E-state index in [1.54, 1.807) is 0 Å². The molecule has 0 aromatic carbocycles. The third-order valence-corrected chi connectivity index (χ3v) is 8.33. The molecule has 0 rings (SSSR count). The summed E-state index contributed by atoms with van der Waals surface area (Å²) in [4.78, 5) is 23.0. The van der Waals surface area contributed by atoms with Crippen molar-refractivity contribution in [3.8, 4) is 0 Å². The maximum absolute atomic E-state index is 12.5. The highest BCUT2D eigenvalue weighted by Crippen LogP contribution is 2.18. The lowest BCUT2D eigenvalue weighted by molar-refractivity contribution is -0.150. The van der Waals surface area contributed by atoms with Crippen LogP contribution in [-0.4, -0.2) is 23.1 Å². The molecule has 4 heteroatoms. The van der Waals surface area contributed by atoms with Gasteiger partial charge in [-0.1, -0.05) is 162 Å². The number of carbonyl (C=O) groups excluding carboxylic acids is 1. The number of aliphatic carboxylic acids is 1. The largest absolute Gasteiger partial charge is 0.481 e. The summed E-state index contributed by atoms with van der Waals surface area (Å²) in [6, 6.07) is 0. The minimum atomic E-state index is -0.677. The standard InChI is InChI=1S/C36H70O4/c1-3-5-7-8-9-10-11-12-13-14-15-19-22-25-29-33-36(39)40-34(30-26-6-4-2)31-27-23-20-17-16-18-21-24-28-32-35(37)38/h34H,3-33H2,1-2H3,(H,37,38)/t34-/m0/s1. The van der Waals surface area contributed by atoms with E-state index in [1.165, 1.54) is 128 Å². The number of carboxylic acid groups (broad SMARTS) is 1. The molecule has 0 aromatic heterocycles. The van der Waals surface area contributed by atoms with Crippen molar-refractivity contribution in [2.45, 2.75) is 219 Å². The van der Waals surface area contributed by atoms with Gasteiger partial charge < -0.3 is 9.84 Å². The number of ether oxygens (including phenoxy) is 1. The molecule has 4 nitrogen and oxygen atoms in total. The van der Waals surface area contributed by atoms with Crippen molar-refractivity contribution in [3.63, 3.8) is 0 Å². The van der Waals surface area contributed by atoms with Crippen LogP contribution in [-0.2, 0) is 14.3 Å². The van der Waals surface area contributed by atoms with E-state index >= 15 is 0 Å². The van der Waals surface area contributed by atoms with E-state index in [2.05, 4.69) is 13.8 Å². The maximum atomic E-state index is 12.5.